The molecule has 1 heteroatoms. The van der Waals surface area contributed by atoms with Gasteiger partial charge in [0.05, 0.1) is 0 Å². The van der Waals surface area contributed by atoms with E-state index < -0.39 is 0 Å². The van der Waals surface area contributed by atoms with E-state index in [4.69, 9.17) is 0 Å². The molecule has 1 aromatic heterocycles. The Kier molecular flexibility index (Phi) is 6.11. The monoisotopic (exact) mass is 588 g/mol. The molecule has 0 aliphatic heterocycles. The second kappa shape index (κ2) is 10.6. The van der Waals surface area contributed by atoms with Gasteiger partial charge >= 0.3 is 0 Å². The van der Waals surface area contributed by atoms with Gasteiger partial charge in [0.25, 0.3) is 0 Å². The molecule has 0 saturated heterocycles. The van der Waals surface area contributed by atoms with Crippen LogP contribution in [0, 0.1) is 0 Å². The highest BCUT2D eigenvalue weighted by Gasteiger charge is 2.14. The summed E-state index contributed by atoms with van der Waals surface area (Å²) in [5.74, 6) is 0. The maximum atomic E-state index is 2.36. The van der Waals surface area contributed by atoms with Gasteiger partial charge in [0.15, 0.2) is 0 Å². The second-order valence-electron chi connectivity index (χ2n) is 11.7. The van der Waals surface area contributed by atoms with Crippen LogP contribution < -0.4 is 0 Å². The van der Waals surface area contributed by atoms with Gasteiger partial charge in [-0.25, -0.2) is 0 Å². The lowest BCUT2D eigenvalue weighted by atomic mass is 9.90. The summed E-state index contributed by atoms with van der Waals surface area (Å²) in [7, 11) is 0. The number of hydrogen-bond donors (Lipinski definition) is 0. The van der Waals surface area contributed by atoms with E-state index in [1.165, 1.54) is 86.2 Å². The SMILES string of the molecule is c1cc(-c2ccc3ccccc3c2)cc(-c2ccc(-c3cccc(-c4cccc5c4sc4ccccc45)c3)c3ccccc23)c1. The predicted octanol–water partition coefficient (Wildman–Crippen LogP) is 13.0. The molecule has 8 aromatic carbocycles. The Morgan fingerprint density at radius 3 is 1.58 bits per heavy atom. The minimum absolute atomic E-state index is 1.23. The molecular weight excluding hydrogens is 561 g/mol. The van der Waals surface area contributed by atoms with Gasteiger partial charge in [0.1, 0.15) is 0 Å². The zero-order valence-corrected chi connectivity index (χ0v) is 25.4. The first-order valence-electron chi connectivity index (χ1n) is 15.4. The average Bonchev–Trinajstić information content (AvgIpc) is 3.50. The van der Waals surface area contributed by atoms with Crippen molar-refractivity contribution >= 4 is 53.1 Å². The topological polar surface area (TPSA) is 0 Å². The van der Waals surface area contributed by atoms with Gasteiger partial charge in [-0.3, -0.25) is 0 Å². The van der Waals surface area contributed by atoms with E-state index in [0.29, 0.717) is 0 Å². The summed E-state index contributed by atoms with van der Waals surface area (Å²) < 4.78 is 2.68. The van der Waals surface area contributed by atoms with Crippen molar-refractivity contribution in [2.75, 3.05) is 0 Å². The van der Waals surface area contributed by atoms with E-state index in [-0.39, 0.29) is 0 Å². The van der Waals surface area contributed by atoms with Crippen LogP contribution in [0.4, 0.5) is 0 Å². The maximum Gasteiger partial charge on any atom is 0.0433 e. The van der Waals surface area contributed by atoms with Crippen molar-refractivity contribution < 1.29 is 0 Å². The summed E-state index contributed by atoms with van der Waals surface area (Å²) in [5.41, 5.74) is 9.99. The van der Waals surface area contributed by atoms with Gasteiger partial charge in [-0.2, -0.15) is 0 Å². The molecule has 1 heterocycles. The van der Waals surface area contributed by atoms with Gasteiger partial charge in [0, 0.05) is 20.2 Å². The van der Waals surface area contributed by atoms with Gasteiger partial charge in [0.2, 0.25) is 0 Å². The van der Waals surface area contributed by atoms with Crippen LogP contribution in [-0.2, 0) is 0 Å². The summed E-state index contributed by atoms with van der Waals surface area (Å²) in [5, 5.41) is 7.73. The highest BCUT2D eigenvalue weighted by atomic mass is 32.1. The fourth-order valence-electron chi connectivity index (χ4n) is 6.87. The third-order valence-corrected chi connectivity index (χ3v) is 10.3. The molecule has 0 aliphatic carbocycles. The molecule has 0 bridgehead atoms. The number of benzene rings is 8. The first-order chi connectivity index (χ1) is 22.3. The smallest absolute Gasteiger partial charge is 0.0433 e. The van der Waals surface area contributed by atoms with Crippen molar-refractivity contribution in [1.82, 2.24) is 0 Å². The van der Waals surface area contributed by atoms with E-state index in [2.05, 4.69) is 170 Å². The largest absolute Gasteiger partial charge is 0.135 e. The molecule has 0 nitrogen and oxygen atoms in total. The van der Waals surface area contributed by atoms with Crippen LogP contribution in [0.3, 0.4) is 0 Å². The lowest BCUT2D eigenvalue weighted by Crippen LogP contribution is -1.88. The molecule has 210 valence electrons. The number of rotatable bonds is 4. The lowest BCUT2D eigenvalue weighted by molar-refractivity contribution is 1.60. The highest BCUT2D eigenvalue weighted by Crippen LogP contribution is 2.42. The zero-order valence-electron chi connectivity index (χ0n) is 24.6. The van der Waals surface area contributed by atoms with Crippen molar-refractivity contribution in [3.8, 4) is 44.5 Å². The maximum absolute atomic E-state index is 2.36. The molecule has 0 amide bonds. The Bertz CT molecular complexity index is 2550. The molecule has 0 fully saturated rings. The molecule has 45 heavy (non-hydrogen) atoms. The summed E-state index contributed by atoms with van der Waals surface area (Å²) in [6, 6.07) is 62.2. The van der Waals surface area contributed by atoms with E-state index >= 15 is 0 Å². The van der Waals surface area contributed by atoms with Gasteiger partial charge < -0.3 is 0 Å². The molecule has 0 radical (unpaired) electrons. The molecule has 0 spiro atoms. The third-order valence-electron chi connectivity index (χ3n) is 9.07. The van der Waals surface area contributed by atoms with Crippen molar-refractivity contribution in [2.45, 2.75) is 0 Å². The standard InChI is InChI=1S/C44H28S/c1-2-11-30-26-32(23-22-29(30)10-1)31-12-7-13-33(27-31)36-24-25-37(40-17-4-3-16-39(36)40)34-14-8-15-35(28-34)38-19-9-20-42-41-18-5-6-21-43(41)45-44(38)42/h1-28H. The van der Waals surface area contributed by atoms with Gasteiger partial charge in [-0.1, -0.05) is 146 Å². The van der Waals surface area contributed by atoms with Crippen LogP contribution in [0.15, 0.2) is 170 Å². The summed E-state index contributed by atoms with van der Waals surface area (Å²) in [6.45, 7) is 0. The summed E-state index contributed by atoms with van der Waals surface area (Å²) >= 11 is 1.89. The Morgan fingerprint density at radius 2 is 0.822 bits per heavy atom. The van der Waals surface area contributed by atoms with E-state index in [1.54, 1.807) is 0 Å². The number of fused-ring (bicyclic) bond motifs is 5. The lowest BCUT2D eigenvalue weighted by Gasteiger charge is -2.14. The normalized spacial score (nSPS) is 11.6. The molecule has 9 rings (SSSR count). The molecule has 0 unspecified atom stereocenters. The molecular formula is C44H28S. The van der Waals surface area contributed by atoms with Gasteiger partial charge in [-0.05, 0) is 90.3 Å². The number of thiophene rings is 1. The predicted molar refractivity (Wildman–Crippen MR) is 196 cm³/mol. The Balaban J connectivity index is 1.15. The van der Waals surface area contributed by atoms with Gasteiger partial charge in [-0.15, -0.1) is 11.3 Å². The zero-order chi connectivity index (χ0) is 29.7. The van der Waals surface area contributed by atoms with Crippen LogP contribution in [0.2, 0.25) is 0 Å². The van der Waals surface area contributed by atoms with Crippen molar-refractivity contribution in [3.63, 3.8) is 0 Å². The molecule has 0 N–H and O–H groups in total. The van der Waals surface area contributed by atoms with Crippen LogP contribution in [0.25, 0.3) is 86.2 Å². The van der Waals surface area contributed by atoms with Crippen molar-refractivity contribution in [3.05, 3.63) is 170 Å². The van der Waals surface area contributed by atoms with Crippen molar-refractivity contribution in [1.29, 1.82) is 0 Å². The minimum Gasteiger partial charge on any atom is -0.135 e. The van der Waals surface area contributed by atoms with Crippen LogP contribution in [0.1, 0.15) is 0 Å². The Morgan fingerprint density at radius 1 is 0.289 bits per heavy atom. The summed E-state index contributed by atoms with van der Waals surface area (Å²) in [4.78, 5) is 0. The summed E-state index contributed by atoms with van der Waals surface area (Å²) in [6.07, 6.45) is 0. The third kappa shape index (κ3) is 4.44. The van der Waals surface area contributed by atoms with Crippen molar-refractivity contribution in [2.24, 2.45) is 0 Å². The molecule has 0 aliphatic rings. The quantitative estimate of drug-likeness (QED) is 0.192. The Hall–Kier alpha value is -5.50. The first kappa shape index (κ1) is 25.9. The Labute approximate surface area is 266 Å². The fourth-order valence-corrected chi connectivity index (χ4v) is 8.10. The molecule has 0 atom stereocenters. The number of hydrogen-bond acceptors (Lipinski definition) is 1. The van der Waals surface area contributed by atoms with Crippen LogP contribution in [0.5, 0.6) is 0 Å². The minimum atomic E-state index is 1.23. The fraction of sp³-hybridized carbons (Fsp3) is 0. The first-order valence-corrected chi connectivity index (χ1v) is 16.2. The van der Waals surface area contributed by atoms with Crippen LogP contribution in [-0.4, -0.2) is 0 Å². The second-order valence-corrected chi connectivity index (χ2v) is 12.8. The molecule has 0 saturated carbocycles. The molecule has 9 aromatic rings. The average molecular weight is 589 g/mol. The van der Waals surface area contributed by atoms with E-state index in [9.17, 15) is 0 Å². The highest BCUT2D eigenvalue weighted by molar-refractivity contribution is 7.26. The van der Waals surface area contributed by atoms with E-state index in [1.807, 2.05) is 11.3 Å². The van der Waals surface area contributed by atoms with E-state index in [0.717, 1.165) is 0 Å². The van der Waals surface area contributed by atoms with Crippen LogP contribution >= 0.6 is 11.3 Å².